The Morgan fingerprint density at radius 2 is 1.96 bits per heavy atom. The number of phenols is 1. The first-order valence-corrected chi connectivity index (χ1v) is 10.2. The van der Waals surface area contributed by atoms with Crippen LogP contribution in [0.2, 0.25) is 0 Å². The van der Waals surface area contributed by atoms with Gasteiger partial charge in [-0.15, -0.1) is 0 Å². The topological polar surface area (TPSA) is 67.8 Å². The van der Waals surface area contributed by atoms with Gasteiger partial charge in [-0.1, -0.05) is 19.9 Å². The molecule has 136 valence electrons. The van der Waals surface area contributed by atoms with Crippen molar-refractivity contribution in [3.63, 3.8) is 0 Å². The summed E-state index contributed by atoms with van der Waals surface area (Å²) in [6.07, 6.45) is 7.55. The molecular formula is C23H28N2O. The van der Waals surface area contributed by atoms with Gasteiger partial charge in [-0.05, 0) is 96.8 Å². The Labute approximate surface area is 156 Å². The lowest BCUT2D eigenvalue weighted by Crippen LogP contribution is -2.43. The summed E-state index contributed by atoms with van der Waals surface area (Å²) in [6.45, 7) is 4.46. The summed E-state index contributed by atoms with van der Waals surface area (Å²) in [5.74, 6) is 2.11. The predicted octanol–water partition coefficient (Wildman–Crippen LogP) is 5.09. The van der Waals surface area contributed by atoms with Gasteiger partial charge in [0.2, 0.25) is 0 Å². The number of hydrogen-bond acceptors (Lipinski definition) is 3. The Morgan fingerprint density at radius 1 is 1.19 bits per heavy atom. The summed E-state index contributed by atoms with van der Waals surface area (Å²) in [7, 11) is 0. The third-order valence-corrected chi connectivity index (χ3v) is 8.06. The lowest BCUT2D eigenvalue weighted by molar-refractivity contribution is 0.0225. The van der Waals surface area contributed by atoms with E-state index in [0.29, 0.717) is 23.5 Å². The Morgan fingerprint density at radius 3 is 2.65 bits per heavy atom. The van der Waals surface area contributed by atoms with Crippen molar-refractivity contribution in [3.8, 4) is 17.9 Å². The van der Waals surface area contributed by atoms with Crippen LogP contribution in [-0.2, 0) is 12.8 Å². The minimum Gasteiger partial charge on any atom is -0.508 e. The molecule has 3 heteroatoms. The van der Waals surface area contributed by atoms with Gasteiger partial charge in [0.1, 0.15) is 11.7 Å². The summed E-state index contributed by atoms with van der Waals surface area (Å²) in [5, 5.41) is 29.1. The van der Waals surface area contributed by atoms with Gasteiger partial charge in [-0.2, -0.15) is 10.5 Å². The maximum atomic E-state index is 10.2. The molecule has 2 saturated carbocycles. The molecule has 0 unspecified atom stereocenters. The highest BCUT2D eigenvalue weighted by molar-refractivity contribution is 5.45. The number of nitriles is 2. The van der Waals surface area contributed by atoms with Crippen LogP contribution in [0.15, 0.2) is 12.1 Å². The monoisotopic (exact) mass is 348 g/mol. The van der Waals surface area contributed by atoms with Crippen molar-refractivity contribution in [1.82, 2.24) is 0 Å². The summed E-state index contributed by atoms with van der Waals surface area (Å²) in [5.41, 5.74) is 4.01. The fraction of sp³-hybridized carbons (Fsp3) is 0.652. The molecule has 26 heavy (non-hydrogen) atoms. The second kappa shape index (κ2) is 6.31. The van der Waals surface area contributed by atoms with E-state index >= 15 is 0 Å². The van der Waals surface area contributed by atoms with Crippen LogP contribution in [0.1, 0.15) is 68.6 Å². The molecule has 1 aromatic rings. The van der Waals surface area contributed by atoms with Gasteiger partial charge in [0.15, 0.2) is 0 Å². The van der Waals surface area contributed by atoms with E-state index in [1.807, 2.05) is 6.07 Å². The first-order chi connectivity index (χ1) is 12.5. The maximum absolute atomic E-state index is 10.2. The van der Waals surface area contributed by atoms with Crippen LogP contribution in [0, 0.1) is 51.7 Å². The Kier molecular flexibility index (Phi) is 4.23. The largest absolute Gasteiger partial charge is 0.508 e. The molecule has 3 nitrogen and oxygen atoms in total. The third kappa shape index (κ3) is 2.37. The van der Waals surface area contributed by atoms with Crippen LogP contribution in [0.5, 0.6) is 5.75 Å². The van der Waals surface area contributed by atoms with Crippen LogP contribution in [0.25, 0.3) is 0 Å². The van der Waals surface area contributed by atoms with E-state index < -0.39 is 5.92 Å². The Balaban J connectivity index is 1.68. The van der Waals surface area contributed by atoms with Crippen LogP contribution in [0.3, 0.4) is 0 Å². The average molecular weight is 348 g/mol. The maximum Gasteiger partial charge on any atom is 0.136 e. The summed E-state index contributed by atoms with van der Waals surface area (Å²) in [6, 6.07) is 8.82. The van der Waals surface area contributed by atoms with Crippen molar-refractivity contribution in [2.45, 2.75) is 64.7 Å². The van der Waals surface area contributed by atoms with Gasteiger partial charge in [-0.3, -0.25) is 0 Å². The van der Waals surface area contributed by atoms with Crippen LogP contribution in [0.4, 0.5) is 0 Å². The molecule has 1 aromatic carbocycles. The molecular weight excluding hydrogens is 320 g/mol. The number of phenolic OH excluding ortho intramolecular Hbond substituents is 1. The normalized spacial score (nSPS) is 35.1. The zero-order chi connectivity index (χ0) is 18.5. The zero-order valence-electron chi connectivity index (χ0n) is 15.8. The van der Waals surface area contributed by atoms with Gasteiger partial charge >= 0.3 is 0 Å². The quantitative estimate of drug-likeness (QED) is 0.809. The fourth-order valence-corrected chi connectivity index (χ4v) is 6.74. The second-order valence-electron chi connectivity index (χ2n) is 8.91. The number of benzene rings is 1. The molecule has 5 atom stereocenters. The number of hydrogen-bond donors (Lipinski definition) is 1. The minimum atomic E-state index is -0.457. The van der Waals surface area contributed by atoms with Crippen LogP contribution in [-0.4, -0.2) is 5.11 Å². The standard InChI is InChI=1S/C23H28N2O/c1-3-14-10-19-15(11-22(14)26)4-5-18-17(19)8-9-23(2)20(6-7-21(18)23)16(12-24)13-25/h10-11,16-18,20-21,26H,3-9H2,1-2H3/t17-,18+,20+,21-,23+/m0/s1. The highest BCUT2D eigenvalue weighted by Crippen LogP contribution is 2.64. The van der Waals surface area contributed by atoms with E-state index in [1.165, 1.54) is 17.5 Å². The molecule has 0 radical (unpaired) electrons. The first kappa shape index (κ1) is 17.4. The van der Waals surface area contributed by atoms with E-state index in [-0.39, 0.29) is 11.3 Å². The number of nitrogens with zero attached hydrogens (tertiary/aromatic N) is 2. The van der Waals surface area contributed by atoms with Gasteiger partial charge < -0.3 is 5.11 Å². The molecule has 3 aliphatic carbocycles. The predicted molar refractivity (Wildman–Crippen MR) is 100 cm³/mol. The SMILES string of the molecule is CCc1cc2c(cc1O)CC[C@@H]1[C@@H]2CC[C@]2(C)[C@@H](C(C#N)C#N)CC[C@@H]12. The molecule has 0 aromatic heterocycles. The lowest BCUT2D eigenvalue weighted by Gasteiger charge is -2.51. The summed E-state index contributed by atoms with van der Waals surface area (Å²) >= 11 is 0. The molecule has 3 aliphatic rings. The van der Waals surface area contributed by atoms with E-state index in [1.54, 1.807) is 0 Å². The molecule has 0 bridgehead atoms. The Hall–Kier alpha value is -2.00. The van der Waals surface area contributed by atoms with Crippen molar-refractivity contribution in [2.24, 2.45) is 29.1 Å². The van der Waals surface area contributed by atoms with Crippen molar-refractivity contribution in [2.75, 3.05) is 0 Å². The van der Waals surface area contributed by atoms with Crippen LogP contribution < -0.4 is 0 Å². The average Bonchev–Trinajstić information content (AvgIpc) is 2.99. The molecule has 4 rings (SSSR count). The van der Waals surface area contributed by atoms with E-state index in [4.69, 9.17) is 0 Å². The van der Waals surface area contributed by atoms with Gasteiger partial charge in [0.05, 0.1) is 12.1 Å². The number of rotatable bonds is 2. The molecule has 2 fully saturated rings. The van der Waals surface area contributed by atoms with Gasteiger partial charge in [0.25, 0.3) is 0 Å². The van der Waals surface area contributed by atoms with E-state index in [0.717, 1.165) is 44.1 Å². The minimum absolute atomic E-state index is 0.138. The summed E-state index contributed by atoms with van der Waals surface area (Å²) < 4.78 is 0. The fourth-order valence-electron chi connectivity index (χ4n) is 6.74. The first-order valence-electron chi connectivity index (χ1n) is 10.2. The number of fused-ring (bicyclic) bond motifs is 5. The second-order valence-corrected chi connectivity index (χ2v) is 8.91. The van der Waals surface area contributed by atoms with Gasteiger partial charge in [0, 0.05) is 0 Å². The van der Waals surface area contributed by atoms with Crippen molar-refractivity contribution < 1.29 is 5.11 Å². The van der Waals surface area contributed by atoms with Crippen molar-refractivity contribution >= 4 is 0 Å². The van der Waals surface area contributed by atoms with Crippen molar-refractivity contribution in [1.29, 1.82) is 10.5 Å². The van der Waals surface area contributed by atoms with Crippen molar-refractivity contribution in [3.05, 3.63) is 28.8 Å². The molecule has 0 spiro atoms. The smallest absolute Gasteiger partial charge is 0.136 e. The van der Waals surface area contributed by atoms with Crippen LogP contribution >= 0.6 is 0 Å². The highest BCUT2D eigenvalue weighted by atomic mass is 16.3. The molecule has 0 saturated heterocycles. The van der Waals surface area contributed by atoms with E-state index in [2.05, 4.69) is 32.1 Å². The summed E-state index contributed by atoms with van der Waals surface area (Å²) in [4.78, 5) is 0. The zero-order valence-corrected chi connectivity index (χ0v) is 15.8. The number of aromatic hydroxyl groups is 1. The highest BCUT2D eigenvalue weighted by Gasteiger charge is 2.56. The third-order valence-electron chi connectivity index (χ3n) is 8.06. The molecule has 0 aliphatic heterocycles. The molecule has 1 N–H and O–H groups in total. The Bertz CT molecular complexity index is 788. The van der Waals surface area contributed by atoms with E-state index in [9.17, 15) is 15.6 Å². The molecule has 0 heterocycles. The molecule has 0 amide bonds. The lowest BCUT2D eigenvalue weighted by atomic mass is 9.53. The van der Waals surface area contributed by atoms with Gasteiger partial charge in [-0.25, -0.2) is 0 Å². The number of aryl methyl sites for hydroxylation is 2.